The molecular weight excluding hydrogens is 226 g/mol. The molecular formula is C14H19N3O. The zero-order valence-corrected chi connectivity index (χ0v) is 10.6. The maximum absolute atomic E-state index is 12.3. The second-order valence-corrected chi connectivity index (χ2v) is 4.91. The van der Waals surface area contributed by atoms with Gasteiger partial charge in [-0.05, 0) is 31.9 Å². The van der Waals surface area contributed by atoms with Gasteiger partial charge in [-0.25, -0.2) is 0 Å². The summed E-state index contributed by atoms with van der Waals surface area (Å²) in [5, 5.41) is 7.49. The fourth-order valence-electron chi connectivity index (χ4n) is 2.29. The van der Waals surface area contributed by atoms with Gasteiger partial charge < -0.3 is 10.6 Å². The van der Waals surface area contributed by atoms with E-state index < -0.39 is 0 Å². The van der Waals surface area contributed by atoms with Gasteiger partial charge in [0, 0.05) is 24.6 Å². The van der Waals surface area contributed by atoms with Crippen LogP contribution in [0.2, 0.25) is 0 Å². The quantitative estimate of drug-likeness (QED) is 0.616. The number of nitrogens with two attached hydrogens (primary N) is 1. The Hall–Kier alpha value is -1.84. The maximum Gasteiger partial charge on any atom is 0.253 e. The first-order chi connectivity index (χ1) is 8.58. The van der Waals surface area contributed by atoms with Gasteiger partial charge in [-0.1, -0.05) is 17.7 Å². The number of carbonyl (C=O) groups excluding carboxylic acids is 1. The predicted molar refractivity (Wildman–Crippen MR) is 71.7 cm³/mol. The second-order valence-electron chi connectivity index (χ2n) is 4.91. The Morgan fingerprint density at radius 3 is 2.67 bits per heavy atom. The van der Waals surface area contributed by atoms with Crippen LogP contribution in [0, 0.1) is 18.3 Å². The van der Waals surface area contributed by atoms with Crippen molar-refractivity contribution >= 4 is 11.7 Å². The molecule has 0 spiro atoms. The third kappa shape index (κ3) is 2.70. The van der Waals surface area contributed by atoms with E-state index in [1.165, 1.54) is 0 Å². The first-order valence-electron chi connectivity index (χ1n) is 6.28. The fraction of sp³-hybridized carbons (Fsp3) is 0.429. The molecule has 0 bridgehead atoms. The molecule has 1 atom stereocenters. The lowest BCUT2D eigenvalue weighted by atomic mass is 9.96. The highest BCUT2D eigenvalue weighted by atomic mass is 16.2. The molecule has 1 aliphatic heterocycles. The Bertz CT molecular complexity index is 453. The molecule has 4 heteroatoms. The molecule has 0 unspecified atom stereocenters. The van der Waals surface area contributed by atoms with E-state index in [1.807, 2.05) is 31.2 Å². The summed E-state index contributed by atoms with van der Waals surface area (Å²) in [6, 6.07) is 7.60. The minimum absolute atomic E-state index is 0.0214. The third-order valence-corrected chi connectivity index (χ3v) is 3.45. The molecule has 1 saturated heterocycles. The number of carbonyl (C=O) groups is 1. The zero-order valence-electron chi connectivity index (χ0n) is 10.6. The largest absolute Gasteiger partial charge is 0.387 e. The molecule has 4 nitrogen and oxygen atoms in total. The summed E-state index contributed by atoms with van der Waals surface area (Å²) in [5.74, 6) is 0.255. The summed E-state index contributed by atoms with van der Waals surface area (Å²) in [6.45, 7) is 3.33. The number of hydrogen-bond acceptors (Lipinski definition) is 2. The number of likely N-dealkylation sites (tertiary alicyclic amines) is 1. The van der Waals surface area contributed by atoms with Crippen molar-refractivity contribution in [2.75, 3.05) is 13.1 Å². The molecule has 0 saturated carbocycles. The second kappa shape index (κ2) is 5.21. The SMILES string of the molecule is Cc1ccc(C(=O)N2CCC[C@@H](C(=N)N)C2)cc1. The Morgan fingerprint density at radius 1 is 1.39 bits per heavy atom. The van der Waals surface area contributed by atoms with Crippen LogP contribution in [0.25, 0.3) is 0 Å². The van der Waals surface area contributed by atoms with Crippen LogP contribution in [0.5, 0.6) is 0 Å². The van der Waals surface area contributed by atoms with Gasteiger partial charge in [0.2, 0.25) is 0 Å². The zero-order chi connectivity index (χ0) is 13.1. The molecule has 1 amide bonds. The molecule has 1 heterocycles. The van der Waals surface area contributed by atoms with Crippen molar-refractivity contribution in [2.24, 2.45) is 11.7 Å². The first kappa shape index (κ1) is 12.6. The van der Waals surface area contributed by atoms with Crippen molar-refractivity contribution in [3.63, 3.8) is 0 Å². The molecule has 0 aliphatic carbocycles. The molecule has 1 aromatic rings. The minimum Gasteiger partial charge on any atom is -0.387 e. The van der Waals surface area contributed by atoms with E-state index in [2.05, 4.69) is 0 Å². The van der Waals surface area contributed by atoms with Crippen LogP contribution < -0.4 is 5.73 Å². The maximum atomic E-state index is 12.3. The van der Waals surface area contributed by atoms with Crippen LogP contribution in [0.4, 0.5) is 0 Å². The molecule has 0 radical (unpaired) electrons. The highest BCUT2D eigenvalue weighted by Gasteiger charge is 2.25. The summed E-state index contributed by atoms with van der Waals surface area (Å²) in [7, 11) is 0. The lowest BCUT2D eigenvalue weighted by Gasteiger charge is -2.32. The number of rotatable bonds is 2. The van der Waals surface area contributed by atoms with E-state index in [-0.39, 0.29) is 17.7 Å². The molecule has 96 valence electrons. The normalized spacial score (nSPS) is 19.6. The van der Waals surface area contributed by atoms with Crippen LogP contribution in [0.15, 0.2) is 24.3 Å². The van der Waals surface area contributed by atoms with Gasteiger partial charge in [0.25, 0.3) is 5.91 Å². The van der Waals surface area contributed by atoms with Crippen molar-refractivity contribution in [1.29, 1.82) is 5.41 Å². The highest BCUT2D eigenvalue weighted by Crippen LogP contribution is 2.18. The molecule has 0 aromatic heterocycles. The molecule has 1 aromatic carbocycles. The van der Waals surface area contributed by atoms with Gasteiger partial charge in [-0.2, -0.15) is 0 Å². The van der Waals surface area contributed by atoms with Gasteiger partial charge in [0.15, 0.2) is 0 Å². The van der Waals surface area contributed by atoms with E-state index in [1.54, 1.807) is 4.90 Å². The lowest BCUT2D eigenvalue weighted by Crippen LogP contribution is -2.43. The number of aryl methyl sites for hydroxylation is 1. The van der Waals surface area contributed by atoms with Crippen LogP contribution in [-0.4, -0.2) is 29.7 Å². The number of amides is 1. The standard InChI is InChI=1S/C14H19N3O/c1-10-4-6-11(7-5-10)14(18)17-8-2-3-12(9-17)13(15)16/h4-7,12H,2-3,8-9H2,1H3,(H3,15,16)/t12-/m1/s1. The molecule has 3 N–H and O–H groups in total. The molecule has 18 heavy (non-hydrogen) atoms. The van der Waals surface area contributed by atoms with E-state index in [4.69, 9.17) is 11.1 Å². The van der Waals surface area contributed by atoms with Crippen molar-refractivity contribution in [3.05, 3.63) is 35.4 Å². The van der Waals surface area contributed by atoms with E-state index in [0.29, 0.717) is 12.1 Å². The van der Waals surface area contributed by atoms with Crippen LogP contribution >= 0.6 is 0 Å². The Morgan fingerprint density at radius 2 is 2.06 bits per heavy atom. The smallest absolute Gasteiger partial charge is 0.253 e. The number of benzene rings is 1. The summed E-state index contributed by atoms with van der Waals surface area (Å²) in [5.41, 5.74) is 7.39. The topological polar surface area (TPSA) is 70.2 Å². The van der Waals surface area contributed by atoms with Crippen LogP contribution in [-0.2, 0) is 0 Å². The van der Waals surface area contributed by atoms with Gasteiger partial charge in [0.05, 0.1) is 5.84 Å². The van der Waals surface area contributed by atoms with Gasteiger partial charge in [0.1, 0.15) is 0 Å². The van der Waals surface area contributed by atoms with E-state index >= 15 is 0 Å². The van der Waals surface area contributed by atoms with Gasteiger partial charge in [-0.15, -0.1) is 0 Å². The predicted octanol–water partition coefficient (Wildman–Crippen LogP) is 1.78. The molecule has 1 fully saturated rings. The number of nitrogens with one attached hydrogen (secondary N) is 1. The van der Waals surface area contributed by atoms with E-state index in [0.717, 1.165) is 24.9 Å². The fourth-order valence-corrected chi connectivity index (χ4v) is 2.29. The average molecular weight is 245 g/mol. The summed E-state index contributed by atoms with van der Waals surface area (Å²) in [4.78, 5) is 14.1. The van der Waals surface area contributed by atoms with Crippen molar-refractivity contribution in [2.45, 2.75) is 19.8 Å². The van der Waals surface area contributed by atoms with Gasteiger partial charge in [-0.3, -0.25) is 10.2 Å². The van der Waals surface area contributed by atoms with Crippen molar-refractivity contribution in [1.82, 2.24) is 4.90 Å². The summed E-state index contributed by atoms with van der Waals surface area (Å²) in [6.07, 6.45) is 1.83. The number of amidine groups is 1. The van der Waals surface area contributed by atoms with Gasteiger partial charge >= 0.3 is 0 Å². The summed E-state index contributed by atoms with van der Waals surface area (Å²) >= 11 is 0. The lowest BCUT2D eigenvalue weighted by molar-refractivity contribution is 0.0702. The Kier molecular flexibility index (Phi) is 3.65. The van der Waals surface area contributed by atoms with Crippen LogP contribution in [0.3, 0.4) is 0 Å². The summed E-state index contributed by atoms with van der Waals surface area (Å²) < 4.78 is 0. The highest BCUT2D eigenvalue weighted by molar-refractivity contribution is 5.94. The van der Waals surface area contributed by atoms with Crippen molar-refractivity contribution < 1.29 is 4.79 Å². The number of hydrogen-bond donors (Lipinski definition) is 2. The van der Waals surface area contributed by atoms with Crippen molar-refractivity contribution in [3.8, 4) is 0 Å². The number of piperidine rings is 1. The minimum atomic E-state index is 0.0214. The third-order valence-electron chi connectivity index (χ3n) is 3.45. The Balaban J connectivity index is 2.09. The van der Waals surface area contributed by atoms with Crippen LogP contribution in [0.1, 0.15) is 28.8 Å². The molecule has 2 rings (SSSR count). The first-order valence-corrected chi connectivity index (χ1v) is 6.28. The number of nitrogens with zero attached hydrogens (tertiary/aromatic N) is 1. The Labute approximate surface area is 107 Å². The average Bonchev–Trinajstić information content (AvgIpc) is 2.39. The molecule has 1 aliphatic rings. The monoisotopic (exact) mass is 245 g/mol. The van der Waals surface area contributed by atoms with E-state index in [9.17, 15) is 4.79 Å².